The third kappa shape index (κ3) is 5.10. The highest BCUT2D eigenvalue weighted by Gasteiger charge is 2.17. The van der Waals surface area contributed by atoms with Crippen LogP contribution in [0.25, 0.3) is 16.8 Å². The summed E-state index contributed by atoms with van der Waals surface area (Å²) in [6.07, 6.45) is 4.16. The lowest BCUT2D eigenvalue weighted by atomic mass is 10.0. The third-order valence-electron chi connectivity index (χ3n) is 5.83. The average Bonchev–Trinajstić information content (AvgIpc) is 2.81. The first-order valence-corrected chi connectivity index (χ1v) is 10.5. The number of benzene rings is 3. The van der Waals surface area contributed by atoms with Gasteiger partial charge in [-0.15, -0.1) is 0 Å². The van der Waals surface area contributed by atoms with E-state index >= 15 is 0 Å². The topological polar surface area (TPSA) is 58.8 Å². The predicted octanol–water partition coefficient (Wildman–Crippen LogP) is 4.59. The van der Waals surface area contributed by atoms with Crippen LogP contribution in [0.4, 0.5) is 5.69 Å². The molecule has 0 amide bonds. The first-order valence-electron chi connectivity index (χ1n) is 10.5. The van der Waals surface area contributed by atoms with Crippen molar-refractivity contribution in [3.63, 3.8) is 0 Å². The van der Waals surface area contributed by atoms with E-state index in [1.54, 1.807) is 31.4 Å². The van der Waals surface area contributed by atoms with E-state index in [9.17, 15) is 10.1 Å². The first-order chi connectivity index (χ1) is 15.1. The van der Waals surface area contributed by atoms with Crippen LogP contribution in [-0.4, -0.2) is 54.6 Å². The predicted molar refractivity (Wildman–Crippen MR) is 124 cm³/mol. The zero-order valence-electron chi connectivity index (χ0n) is 17.7. The maximum atomic E-state index is 10.7. The van der Waals surface area contributed by atoms with Crippen LogP contribution in [-0.2, 0) is 6.54 Å². The van der Waals surface area contributed by atoms with E-state index in [0.717, 1.165) is 56.0 Å². The molecule has 0 radical (unpaired) electrons. The van der Waals surface area contributed by atoms with Gasteiger partial charge in [0, 0.05) is 56.8 Å². The summed E-state index contributed by atoms with van der Waals surface area (Å²) in [7, 11) is 1.72. The molecular weight excluding hydrogens is 390 g/mol. The van der Waals surface area contributed by atoms with Crippen molar-refractivity contribution in [2.24, 2.45) is 0 Å². The number of piperazine rings is 1. The molecule has 0 unspecified atom stereocenters. The Labute approximate surface area is 182 Å². The maximum Gasteiger partial charge on any atom is 0.269 e. The van der Waals surface area contributed by atoms with E-state index in [4.69, 9.17) is 4.74 Å². The van der Waals surface area contributed by atoms with E-state index in [-0.39, 0.29) is 10.6 Å². The van der Waals surface area contributed by atoms with Gasteiger partial charge < -0.3 is 4.74 Å². The molecule has 0 N–H and O–H groups in total. The Hall–Kier alpha value is -3.22. The number of nitrogens with zero attached hydrogens (tertiary/aromatic N) is 3. The van der Waals surface area contributed by atoms with Crippen LogP contribution in [0.1, 0.15) is 11.1 Å². The molecule has 4 rings (SSSR count). The summed E-state index contributed by atoms with van der Waals surface area (Å²) in [6.45, 7) is 5.95. The number of hydrogen-bond acceptors (Lipinski definition) is 5. The Balaban J connectivity index is 1.30. The van der Waals surface area contributed by atoms with Gasteiger partial charge in [-0.25, -0.2) is 0 Å². The smallest absolute Gasteiger partial charge is 0.269 e. The van der Waals surface area contributed by atoms with Gasteiger partial charge in [-0.1, -0.05) is 42.5 Å². The molecule has 6 nitrogen and oxygen atoms in total. The number of ether oxygens (including phenoxy) is 1. The van der Waals surface area contributed by atoms with Crippen molar-refractivity contribution >= 4 is 22.5 Å². The van der Waals surface area contributed by atoms with E-state index in [0.29, 0.717) is 0 Å². The molecule has 1 aliphatic heterocycles. The van der Waals surface area contributed by atoms with Gasteiger partial charge in [0.25, 0.3) is 5.69 Å². The van der Waals surface area contributed by atoms with Crippen LogP contribution in [0.5, 0.6) is 5.75 Å². The SMILES string of the molecule is COc1ccc(CN2CCN(CC=Cc3ccc([N+](=O)[O-])cc3)CC2)c2ccccc12. The highest BCUT2D eigenvalue weighted by atomic mass is 16.6. The minimum absolute atomic E-state index is 0.123. The fourth-order valence-electron chi connectivity index (χ4n) is 4.07. The van der Waals surface area contributed by atoms with E-state index in [1.807, 2.05) is 6.08 Å². The molecule has 160 valence electrons. The number of rotatable bonds is 7. The second-order valence-corrected chi connectivity index (χ2v) is 7.80. The number of methoxy groups -OCH3 is 1. The molecular formula is C25H27N3O3. The second-order valence-electron chi connectivity index (χ2n) is 7.80. The summed E-state index contributed by atoms with van der Waals surface area (Å²) >= 11 is 0. The largest absolute Gasteiger partial charge is 0.496 e. The molecule has 6 heteroatoms. The molecule has 1 saturated heterocycles. The maximum absolute atomic E-state index is 10.7. The zero-order chi connectivity index (χ0) is 21.6. The Morgan fingerprint density at radius 3 is 2.29 bits per heavy atom. The minimum atomic E-state index is -0.373. The van der Waals surface area contributed by atoms with Gasteiger partial charge in [0.1, 0.15) is 5.75 Å². The lowest BCUT2D eigenvalue weighted by Gasteiger charge is -2.34. The van der Waals surface area contributed by atoms with E-state index in [1.165, 1.54) is 10.9 Å². The lowest BCUT2D eigenvalue weighted by Crippen LogP contribution is -2.45. The van der Waals surface area contributed by atoms with Gasteiger partial charge in [0.05, 0.1) is 12.0 Å². The molecule has 3 aromatic carbocycles. The molecule has 1 heterocycles. The van der Waals surface area contributed by atoms with E-state index < -0.39 is 0 Å². The third-order valence-corrected chi connectivity index (χ3v) is 5.83. The minimum Gasteiger partial charge on any atom is -0.496 e. The van der Waals surface area contributed by atoms with Crippen molar-refractivity contribution in [1.29, 1.82) is 0 Å². The van der Waals surface area contributed by atoms with Gasteiger partial charge in [-0.05, 0) is 34.7 Å². The van der Waals surface area contributed by atoms with Crippen LogP contribution in [0, 0.1) is 10.1 Å². The Kier molecular flexibility index (Phi) is 6.60. The Morgan fingerprint density at radius 2 is 1.61 bits per heavy atom. The van der Waals surface area contributed by atoms with Crippen molar-refractivity contribution < 1.29 is 9.66 Å². The Bertz CT molecular complexity index is 1070. The molecule has 0 bridgehead atoms. The van der Waals surface area contributed by atoms with Crippen LogP contribution >= 0.6 is 0 Å². The van der Waals surface area contributed by atoms with Crippen molar-refractivity contribution in [3.05, 3.63) is 88.0 Å². The zero-order valence-corrected chi connectivity index (χ0v) is 17.7. The first kappa shape index (κ1) is 21.0. The molecule has 0 spiro atoms. The van der Waals surface area contributed by atoms with Crippen LogP contribution in [0.2, 0.25) is 0 Å². The molecule has 0 saturated carbocycles. The van der Waals surface area contributed by atoms with Gasteiger partial charge in [0.15, 0.2) is 0 Å². The lowest BCUT2D eigenvalue weighted by molar-refractivity contribution is -0.384. The van der Waals surface area contributed by atoms with E-state index in [2.05, 4.69) is 52.3 Å². The molecule has 0 aliphatic carbocycles. The molecule has 3 aromatic rings. The fraction of sp³-hybridized carbons (Fsp3) is 0.280. The molecule has 1 fully saturated rings. The number of non-ortho nitro benzene ring substituents is 1. The summed E-state index contributed by atoms with van der Waals surface area (Å²) in [4.78, 5) is 15.3. The fourth-order valence-corrected chi connectivity index (χ4v) is 4.07. The molecule has 31 heavy (non-hydrogen) atoms. The summed E-state index contributed by atoms with van der Waals surface area (Å²) in [5, 5.41) is 13.2. The standard InChI is InChI=1S/C25H27N3O3/c1-31-25-13-10-21(23-6-2-3-7-24(23)25)19-27-17-15-26(16-18-27)14-4-5-20-8-11-22(12-9-20)28(29)30/h2-13H,14-19H2,1H3. The van der Waals surface area contributed by atoms with Gasteiger partial charge in [0.2, 0.25) is 0 Å². The van der Waals surface area contributed by atoms with Gasteiger partial charge in [-0.2, -0.15) is 0 Å². The summed E-state index contributed by atoms with van der Waals surface area (Å²) in [6, 6.07) is 19.3. The Morgan fingerprint density at radius 1 is 0.935 bits per heavy atom. The van der Waals surface area contributed by atoms with Crippen molar-refractivity contribution in [3.8, 4) is 5.75 Å². The van der Waals surface area contributed by atoms with Crippen molar-refractivity contribution in [2.45, 2.75) is 6.54 Å². The van der Waals surface area contributed by atoms with Crippen LogP contribution < -0.4 is 4.74 Å². The summed E-state index contributed by atoms with van der Waals surface area (Å²) < 4.78 is 5.52. The normalized spacial score (nSPS) is 15.5. The summed E-state index contributed by atoms with van der Waals surface area (Å²) in [5.74, 6) is 0.920. The highest BCUT2D eigenvalue weighted by molar-refractivity contribution is 5.91. The van der Waals surface area contributed by atoms with Crippen molar-refractivity contribution in [2.75, 3.05) is 39.8 Å². The summed E-state index contributed by atoms with van der Waals surface area (Å²) in [5.41, 5.74) is 2.44. The monoisotopic (exact) mass is 417 g/mol. The molecule has 0 aromatic heterocycles. The quantitative estimate of drug-likeness (QED) is 0.416. The van der Waals surface area contributed by atoms with Crippen molar-refractivity contribution in [1.82, 2.24) is 9.80 Å². The number of fused-ring (bicyclic) bond motifs is 1. The van der Waals surface area contributed by atoms with Crippen LogP contribution in [0.3, 0.4) is 0 Å². The number of hydrogen-bond donors (Lipinski definition) is 0. The molecule has 0 atom stereocenters. The second kappa shape index (κ2) is 9.73. The van der Waals surface area contributed by atoms with Crippen LogP contribution in [0.15, 0.2) is 66.7 Å². The average molecular weight is 418 g/mol. The van der Waals surface area contributed by atoms with Gasteiger partial charge >= 0.3 is 0 Å². The number of nitro groups is 1. The number of nitro benzene ring substituents is 1. The van der Waals surface area contributed by atoms with Gasteiger partial charge in [-0.3, -0.25) is 19.9 Å². The molecule has 1 aliphatic rings. The highest BCUT2D eigenvalue weighted by Crippen LogP contribution is 2.29.